The summed E-state index contributed by atoms with van der Waals surface area (Å²) in [5.41, 5.74) is 25.0. The van der Waals surface area contributed by atoms with E-state index in [0.29, 0.717) is 0 Å². The third-order valence-corrected chi connectivity index (χ3v) is 21.8. The highest BCUT2D eigenvalue weighted by atomic mass is 32.1. The van der Waals surface area contributed by atoms with Crippen LogP contribution in [0.5, 0.6) is 0 Å². The van der Waals surface area contributed by atoms with Gasteiger partial charge in [-0.3, -0.25) is 0 Å². The van der Waals surface area contributed by atoms with Crippen molar-refractivity contribution in [2.75, 3.05) is 9.80 Å². The Balaban J connectivity index is 0.000000141. The van der Waals surface area contributed by atoms with E-state index < -0.39 is 0 Å². The molecule has 0 radical (unpaired) electrons. The van der Waals surface area contributed by atoms with Gasteiger partial charge in [0.05, 0.1) is 0 Å². The van der Waals surface area contributed by atoms with Crippen LogP contribution < -0.4 is 9.80 Å². The second kappa shape index (κ2) is 22.1. The first kappa shape index (κ1) is 55.4. The summed E-state index contributed by atoms with van der Waals surface area (Å²) in [6.45, 7) is 9.50. The topological polar surface area (TPSA) is 6.48 Å². The van der Waals surface area contributed by atoms with E-state index in [1.54, 1.807) is 0 Å². The van der Waals surface area contributed by atoms with Crippen molar-refractivity contribution in [2.24, 2.45) is 0 Å². The van der Waals surface area contributed by atoms with Crippen LogP contribution in [-0.2, 0) is 10.8 Å². The van der Waals surface area contributed by atoms with E-state index in [0.717, 1.165) is 28.4 Å². The molecule has 0 atom stereocenters. The van der Waals surface area contributed by atoms with Gasteiger partial charge < -0.3 is 9.80 Å². The number of hydrogen-bond acceptors (Lipinski definition) is 4. The Kier molecular flexibility index (Phi) is 13.3. The van der Waals surface area contributed by atoms with Crippen LogP contribution in [0.25, 0.3) is 107 Å². The zero-order valence-electron chi connectivity index (χ0n) is 51.7. The van der Waals surface area contributed by atoms with Crippen LogP contribution in [0.3, 0.4) is 0 Å². The van der Waals surface area contributed by atoms with Gasteiger partial charge in [-0.1, -0.05) is 228 Å². The quantitative estimate of drug-likeness (QED) is 0.142. The smallest absolute Gasteiger partial charge is 0.0468 e. The van der Waals surface area contributed by atoms with E-state index in [1.165, 1.54) is 135 Å². The fourth-order valence-corrected chi connectivity index (χ4v) is 17.0. The van der Waals surface area contributed by atoms with Gasteiger partial charge in [0.25, 0.3) is 0 Å². The Bertz CT molecular complexity index is 5410. The zero-order valence-corrected chi connectivity index (χ0v) is 53.4. The summed E-state index contributed by atoms with van der Waals surface area (Å²) < 4.78 is 5.41. The van der Waals surface area contributed by atoms with E-state index in [4.69, 9.17) is 0 Å². The van der Waals surface area contributed by atoms with Crippen LogP contribution in [0.15, 0.2) is 315 Å². The molecule has 2 aromatic heterocycles. The standard InChI is InChI=1S/C45H33NS.C43H31NS/c1-45(2)41-26-25-36(27-38(41)39-29-44-40(28-42(39)45)37-15-9-10-16-43(37)47-44)46(34-21-17-32(18-22-34)30-11-5-3-6-12-30)35-23-19-33(20-24-35)31-13-7-4-8-14-31;1-43(2)39-23-22-34(25-36(39)37-27-42-38(26-40(37)43)35-14-8-9-15-41(35)45-42)44(32-12-4-3-5-13-32)33-20-18-29(19-21-33)31-17-16-28-10-6-7-11-30(28)24-31/h3-29H,1-2H3;3-27H,1-2H3. The zero-order chi connectivity index (χ0) is 61.7. The van der Waals surface area contributed by atoms with E-state index in [2.05, 4.69) is 353 Å². The number of rotatable bonds is 9. The number of fused-ring (bicyclic) bond motifs is 13. The Morgan fingerprint density at radius 1 is 0.217 bits per heavy atom. The molecule has 2 aliphatic carbocycles. The molecule has 438 valence electrons. The molecular formula is C88H64N2S2. The molecule has 0 saturated carbocycles. The number of benzene rings is 14. The molecule has 0 N–H and O–H groups in total. The highest BCUT2D eigenvalue weighted by molar-refractivity contribution is 7.26. The van der Waals surface area contributed by atoms with Gasteiger partial charge in [0.1, 0.15) is 0 Å². The minimum Gasteiger partial charge on any atom is -0.310 e. The van der Waals surface area contributed by atoms with Crippen molar-refractivity contribution < 1.29 is 0 Å². The molecule has 0 spiro atoms. The predicted octanol–water partition coefficient (Wildman–Crippen LogP) is 25.8. The molecule has 16 aromatic rings. The van der Waals surface area contributed by atoms with Crippen LogP contribution in [0.1, 0.15) is 49.9 Å². The summed E-state index contributed by atoms with van der Waals surface area (Å²) in [5, 5.41) is 7.97. The van der Waals surface area contributed by atoms with Gasteiger partial charge in [0, 0.05) is 85.3 Å². The predicted molar refractivity (Wildman–Crippen MR) is 397 cm³/mol. The van der Waals surface area contributed by atoms with Gasteiger partial charge in [0.15, 0.2) is 0 Å². The third kappa shape index (κ3) is 9.43. The number of thiophene rings is 2. The second-order valence-electron chi connectivity index (χ2n) is 25.6. The van der Waals surface area contributed by atoms with Crippen molar-refractivity contribution in [3.8, 4) is 55.6 Å². The molecule has 0 bridgehead atoms. The highest BCUT2D eigenvalue weighted by Gasteiger charge is 2.38. The second-order valence-corrected chi connectivity index (χ2v) is 27.8. The molecule has 92 heavy (non-hydrogen) atoms. The molecule has 14 aromatic carbocycles. The lowest BCUT2D eigenvalue weighted by molar-refractivity contribution is 0.661. The lowest BCUT2D eigenvalue weighted by Crippen LogP contribution is -2.15. The van der Waals surface area contributed by atoms with Crippen molar-refractivity contribution in [2.45, 2.75) is 38.5 Å². The lowest BCUT2D eigenvalue weighted by atomic mass is 9.82. The largest absolute Gasteiger partial charge is 0.310 e. The fraction of sp³-hybridized carbons (Fsp3) is 0.0682. The fourth-order valence-electron chi connectivity index (χ4n) is 14.7. The summed E-state index contributed by atoms with van der Waals surface area (Å²) in [7, 11) is 0. The van der Waals surface area contributed by atoms with E-state index in [1.807, 2.05) is 22.7 Å². The molecule has 0 amide bonds. The van der Waals surface area contributed by atoms with Gasteiger partial charge >= 0.3 is 0 Å². The maximum atomic E-state index is 2.46. The molecular weight excluding hydrogens is 1150 g/mol. The van der Waals surface area contributed by atoms with Crippen molar-refractivity contribution in [3.63, 3.8) is 0 Å². The summed E-state index contributed by atoms with van der Waals surface area (Å²) >= 11 is 3.79. The molecule has 0 fully saturated rings. The molecule has 2 heterocycles. The van der Waals surface area contributed by atoms with Gasteiger partial charge in [0.2, 0.25) is 0 Å². The molecule has 0 unspecified atom stereocenters. The maximum absolute atomic E-state index is 2.46. The molecule has 18 rings (SSSR count). The van der Waals surface area contributed by atoms with Gasteiger partial charge in [-0.2, -0.15) is 0 Å². The van der Waals surface area contributed by atoms with Gasteiger partial charge in [-0.25, -0.2) is 0 Å². The van der Waals surface area contributed by atoms with Crippen LogP contribution >= 0.6 is 22.7 Å². The number of nitrogens with zero attached hydrogens (tertiary/aromatic N) is 2. The molecule has 4 heteroatoms. The van der Waals surface area contributed by atoms with Gasteiger partial charge in [-0.15, -0.1) is 22.7 Å². The first-order valence-corrected chi connectivity index (χ1v) is 33.5. The first-order valence-electron chi connectivity index (χ1n) is 31.9. The van der Waals surface area contributed by atoms with Crippen molar-refractivity contribution in [1.82, 2.24) is 0 Å². The monoisotopic (exact) mass is 1210 g/mol. The Morgan fingerprint density at radius 2 is 0.554 bits per heavy atom. The highest BCUT2D eigenvalue weighted by Crippen LogP contribution is 2.55. The maximum Gasteiger partial charge on any atom is 0.0468 e. The van der Waals surface area contributed by atoms with Crippen LogP contribution in [0.2, 0.25) is 0 Å². The minimum absolute atomic E-state index is 0.0699. The minimum atomic E-state index is -0.0834. The van der Waals surface area contributed by atoms with Crippen LogP contribution in [0, 0.1) is 0 Å². The average molecular weight is 1210 g/mol. The summed E-state index contributed by atoms with van der Waals surface area (Å²) in [4.78, 5) is 4.78. The van der Waals surface area contributed by atoms with E-state index >= 15 is 0 Å². The number of anilines is 6. The molecule has 2 nitrogen and oxygen atoms in total. The van der Waals surface area contributed by atoms with Crippen molar-refractivity contribution in [1.29, 1.82) is 0 Å². The molecule has 0 saturated heterocycles. The summed E-state index contributed by atoms with van der Waals surface area (Å²) in [6, 6.07) is 116. The van der Waals surface area contributed by atoms with Crippen molar-refractivity contribution in [3.05, 3.63) is 338 Å². The normalized spacial score (nSPS) is 13.2. The third-order valence-electron chi connectivity index (χ3n) is 19.5. The van der Waals surface area contributed by atoms with E-state index in [-0.39, 0.29) is 10.8 Å². The molecule has 0 aliphatic heterocycles. The van der Waals surface area contributed by atoms with Crippen LogP contribution in [0.4, 0.5) is 34.1 Å². The summed E-state index contributed by atoms with van der Waals surface area (Å²) in [6.07, 6.45) is 0. The molecule has 2 aliphatic rings. The average Bonchev–Trinajstić information content (AvgIpc) is 1.57. The lowest BCUT2D eigenvalue weighted by Gasteiger charge is -2.27. The Morgan fingerprint density at radius 3 is 1.01 bits per heavy atom. The Labute approximate surface area is 545 Å². The van der Waals surface area contributed by atoms with E-state index in [9.17, 15) is 0 Å². The number of para-hydroxylation sites is 1. The SMILES string of the molecule is CC1(C)c2ccc(N(c3ccc(-c4ccccc4)cc3)c3ccc(-c4ccccc4)cc3)cc2-c2cc3sc4ccccc4c3cc21.CC1(C)c2ccc(N(c3ccccc3)c3ccc(-c4ccc5ccccc5c4)cc3)cc2-c2cc3sc4ccccc4c3cc21. The van der Waals surface area contributed by atoms with Gasteiger partial charge in [-0.05, 0) is 204 Å². The summed E-state index contributed by atoms with van der Waals surface area (Å²) in [5.74, 6) is 0. The first-order chi connectivity index (χ1) is 45.1. The van der Waals surface area contributed by atoms with Crippen molar-refractivity contribution >= 4 is 108 Å². The number of hydrogen-bond donors (Lipinski definition) is 0. The Hall–Kier alpha value is -10.6. The van der Waals surface area contributed by atoms with Crippen LogP contribution in [-0.4, -0.2) is 0 Å².